The van der Waals surface area contributed by atoms with Crippen LogP contribution >= 0.6 is 23.4 Å². The third-order valence-corrected chi connectivity index (χ3v) is 5.46. The third kappa shape index (κ3) is 5.57. The first-order valence-electron chi connectivity index (χ1n) is 8.22. The topological polar surface area (TPSA) is 82.9 Å². The van der Waals surface area contributed by atoms with Crippen molar-refractivity contribution in [2.24, 2.45) is 15.6 Å². The first-order chi connectivity index (χ1) is 12.1. The summed E-state index contributed by atoms with van der Waals surface area (Å²) < 4.78 is 0. The summed E-state index contributed by atoms with van der Waals surface area (Å²) in [4.78, 5) is 24.3. The van der Waals surface area contributed by atoms with E-state index in [1.54, 1.807) is 12.1 Å². The van der Waals surface area contributed by atoms with Crippen molar-refractivity contribution >= 4 is 51.7 Å². The van der Waals surface area contributed by atoms with Gasteiger partial charge in [-0.25, -0.2) is 0 Å². The molecule has 1 heterocycles. The molecule has 1 aromatic rings. The number of amides is 2. The average molecular weight is 395 g/mol. The molecule has 6 nitrogen and oxygen atoms in total. The third-order valence-electron chi connectivity index (χ3n) is 3.98. The molecule has 0 aliphatic carbocycles. The molecule has 2 rings (SSSR count). The second kappa shape index (κ2) is 8.22. The van der Waals surface area contributed by atoms with Crippen LogP contribution in [-0.4, -0.2) is 27.9 Å². The molecule has 2 N–H and O–H groups in total. The quantitative estimate of drug-likeness (QED) is 0.598. The number of rotatable bonds is 4. The second-order valence-corrected chi connectivity index (χ2v) is 8.75. The number of thioether (sulfide) groups is 1. The van der Waals surface area contributed by atoms with Crippen LogP contribution in [0.1, 0.15) is 39.7 Å². The number of amidine groups is 1. The lowest BCUT2D eigenvalue weighted by molar-refractivity contribution is -0.122. The van der Waals surface area contributed by atoms with Gasteiger partial charge in [0.15, 0.2) is 5.17 Å². The minimum atomic E-state index is -0.528. The Morgan fingerprint density at radius 2 is 2.08 bits per heavy atom. The SMILES string of the molecule is C/C(=N/N=C1\NC(=O)[C@@H](CC(=O)Nc2ccc(C)c(Cl)c2)S1)C(C)(C)C. The minimum absolute atomic E-state index is 0.0446. The Balaban J connectivity index is 1.96. The van der Waals surface area contributed by atoms with Crippen molar-refractivity contribution in [3.8, 4) is 0 Å². The maximum Gasteiger partial charge on any atom is 0.240 e. The van der Waals surface area contributed by atoms with Gasteiger partial charge >= 0.3 is 0 Å². The largest absolute Gasteiger partial charge is 0.326 e. The smallest absolute Gasteiger partial charge is 0.240 e. The van der Waals surface area contributed by atoms with Gasteiger partial charge in [-0.2, -0.15) is 5.10 Å². The fraction of sp³-hybridized carbons (Fsp3) is 0.444. The van der Waals surface area contributed by atoms with Crippen molar-refractivity contribution < 1.29 is 9.59 Å². The lowest BCUT2D eigenvalue weighted by Gasteiger charge is -2.16. The van der Waals surface area contributed by atoms with Gasteiger partial charge < -0.3 is 10.6 Å². The maximum atomic E-state index is 12.2. The van der Waals surface area contributed by atoms with Gasteiger partial charge in [-0.3, -0.25) is 9.59 Å². The van der Waals surface area contributed by atoms with Gasteiger partial charge in [-0.15, -0.1) is 5.10 Å². The van der Waals surface area contributed by atoms with Crippen molar-refractivity contribution in [1.82, 2.24) is 5.32 Å². The Morgan fingerprint density at radius 3 is 2.69 bits per heavy atom. The number of hydrogen-bond acceptors (Lipinski definition) is 5. The maximum absolute atomic E-state index is 12.2. The Bertz CT molecular complexity index is 784. The molecule has 26 heavy (non-hydrogen) atoms. The molecular formula is C18H23ClN4O2S. The van der Waals surface area contributed by atoms with Crippen molar-refractivity contribution in [3.63, 3.8) is 0 Å². The van der Waals surface area contributed by atoms with Crippen LogP contribution in [0.3, 0.4) is 0 Å². The standard InChI is InChI=1S/C18H23ClN4O2S/c1-10-6-7-12(8-13(10)19)20-15(24)9-14-16(25)21-17(26-14)23-22-11(2)18(3,4)5/h6-8,14H,9H2,1-5H3,(H,20,24)(H,21,23,25)/b22-11-/t14-/m1/s1. The Morgan fingerprint density at radius 1 is 1.38 bits per heavy atom. The van der Waals surface area contributed by atoms with E-state index >= 15 is 0 Å². The van der Waals surface area contributed by atoms with Crippen LogP contribution in [0, 0.1) is 12.3 Å². The number of nitrogens with zero attached hydrogens (tertiary/aromatic N) is 2. The summed E-state index contributed by atoms with van der Waals surface area (Å²) >= 11 is 7.27. The number of aryl methyl sites for hydroxylation is 1. The van der Waals surface area contributed by atoms with E-state index in [1.807, 2.05) is 40.7 Å². The van der Waals surface area contributed by atoms with Gasteiger partial charge in [0.25, 0.3) is 0 Å². The van der Waals surface area contributed by atoms with Crippen molar-refractivity contribution in [1.29, 1.82) is 0 Å². The number of halogens is 1. The van der Waals surface area contributed by atoms with E-state index in [0.29, 0.717) is 15.9 Å². The van der Waals surface area contributed by atoms with E-state index in [4.69, 9.17) is 11.6 Å². The first kappa shape index (κ1) is 20.5. The highest BCUT2D eigenvalue weighted by Gasteiger charge is 2.32. The molecule has 0 aromatic heterocycles. The van der Waals surface area contributed by atoms with E-state index < -0.39 is 5.25 Å². The molecule has 1 atom stereocenters. The van der Waals surface area contributed by atoms with E-state index in [0.717, 1.165) is 11.3 Å². The van der Waals surface area contributed by atoms with Gasteiger partial charge in [0, 0.05) is 28.3 Å². The monoisotopic (exact) mass is 394 g/mol. The van der Waals surface area contributed by atoms with Crippen LogP contribution in [0.4, 0.5) is 5.69 Å². The highest BCUT2D eigenvalue weighted by molar-refractivity contribution is 8.15. The molecule has 0 unspecified atom stereocenters. The van der Waals surface area contributed by atoms with E-state index in [2.05, 4.69) is 20.8 Å². The molecule has 1 aliphatic rings. The second-order valence-electron chi connectivity index (χ2n) is 7.15. The zero-order valence-electron chi connectivity index (χ0n) is 15.5. The normalized spacial score (nSPS) is 19.6. The molecule has 8 heteroatoms. The molecule has 0 saturated carbocycles. The fourth-order valence-corrected chi connectivity index (χ4v) is 3.01. The molecule has 0 spiro atoms. The number of nitrogens with one attached hydrogen (secondary N) is 2. The molecule has 1 aromatic carbocycles. The van der Waals surface area contributed by atoms with Gasteiger partial charge in [0.2, 0.25) is 11.8 Å². The molecule has 2 amide bonds. The summed E-state index contributed by atoms with van der Waals surface area (Å²) in [5.74, 6) is -0.498. The molecule has 0 bridgehead atoms. The van der Waals surface area contributed by atoms with E-state index in [-0.39, 0.29) is 23.7 Å². The van der Waals surface area contributed by atoms with Crippen LogP contribution < -0.4 is 10.6 Å². The molecular weight excluding hydrogens is 372 g/mol. The van der Waals surface area contributed by atoms with Gasteiger partial charge in [0.1, 0.15) is 5.25 Å². The van der Waals surface area contributed by atoms with Gasteiger partial charge in [-0.1, -0.05) is 50.2 Å². The van der Waals surface area contributed by atoms with E-state index in [9.17, 15) is 9.59 Å². The first-order valence-corrected chi connectivity index (χ1v) is 9.48. The van der Waals surface area contributed by atoms with Crippen LogP contribution in [-0.2, 0) is 9.59 Å². The summed E-state index contributed by atoms with van der Waals surface area (Å²) in [6, 6.07) is 5.29. The summed E-state index contributed by atoms with van der Waals surface area (Å²) in [5, 5.41) is 14.1. The summed E-state index contributed by atoms with van der Waals surface area (Å²) in [6.07, 6.45) is 0.0446. The lowest BCUT2D eigenvalue weighted by atomic mass is 9.91. The Kier molecular flexibility index (Phi) is 6.47. The highest BCUT2D eigenvalue weighted by Crippen LogP contribution is 2.25. The van der Waals surface area contributed by atoms with Gasteiger partial charge in [0.05, 0.1) is 0 Å². The number of carbonyl (C=O) groups is 2. The number of benzene rings is 1. The molecule has 1 fully saturated rings. The van der Waals surface area contributed by atoms with E-state index in [1.165, 1.54) is 11.8 Å². The number of anilines is 1. The van der Waals surface area contributed by atoms with Crippen LogP contribution in [0.2, 0.25) is 5.02 Å². The van der Waals surface area contributed by atoms with Crippen molar-refractivity contribution in [3.05, 3.63) is 28.8 Å². The predicted molar refractivity (Wildman–Crippen MR) is 109 cm³/mol. The van der Waals surface area contributed by atoms with Crippen molar-refractivity contribution in [2.75, 3.05) is 5.32 Å². The fourth-order valence-electron chi connectivity index (χ4n) is 1.91. The molecule has 1 saturated heterocycles. The summed E-state index contributed by atoms with van der Waals surface area (Å²) in [7, 11) is 0. The zero-order valence-corrected chi connectivity index (χ0v) is 17.1. The minimum Gasteiger partial charge on any atom is -0.326 e. The lowest BCUT2D eigenvalue weighted by Crippen LogP contribution is -2.28. The molecule has 140 valence electrons. The average Bonchev–Trinajstić information content (AvgIpc) is 2.87. The predicted octanol–water partition coefficient (Wildman–Crippen LogP) is 3.99. The number of carbonyl (C=O) groups excluding carboxylic acids is 2. The Labute approximate surface area is 162 Å². The Hall–Kier alpha value is -1.86. The molecule has 1 aliphatic heterocycles. The van der Waals surface area contributed by atoms with Crippen LogP contribution in [0.25, 0.3) is 0 Å². The highest BCUT2D eigenvalue weighted by atomic mass is 35.5. The summed E-state index contributed by atoms with van der Waals surface area (Å²) in [6.45, 7) is 9.89. The zero-order chi connectivity index (χ0) is 19.5. The van der Waals surface area contributed by atoms with Gasteiger partial charge in [-0.05, 0) is 31.5 Å². The van der Waals surface area contributed by atoms with Crippen LogP contribution in [0.15, 0.2) is 28.4 Å². The van der Waals surface area contributed by atoms with Crippen molar-refractivity contribution in [2.45, 2.75) is 46.3 Å². The van der Waals surface area contributed by atoms with Crippen LogP contribution in [0.5, 0.6) is 0 Å². The summed E-state index contributed by atoms with van der Waals surface area (Å²) in [5.41, 5.74) is 2.30. The molecule has 0 radical (unpaired) electrons. The number of hydrogen-bond donors (Lipinski definition) is 2.